The predicted molar refractivity (Wildman–Crippen MR) is 109 cm³/mol. The number of anilines is 1. The number of benzene rings is 2. The molecule has 2 aliphatic rings. The minimum absolute atomic E-state index is 0.165. The highest BCUT2D eigenvalue weighted by molar-refractivity contribution is 6.33. The zero-order valence-electron chi connectivity index (χ0n) is 15.6. The van der Waals surface area contributed by atoms with Gasteiger partial charge in [-0.25, -0.2) is 0 Å². The highest BCUT2D eigenvalue weighted by Gasteiger charge is 2.26. The van der Waals surface area contributed by atoms with Crippen LogP contribution >= 0.6 is 11.6 Å². The molecule has 0 bridgehead atoms. The van der Waals surface area contributed by atoms with E-state index in [0.29, 0.717) is 6.54 Å². The second-order valence-corrected chi connectivity index (χ2v) is 7.98. The van der Waals surface area contributed by atoms with Gasteiger partial charge >= 0.3 is 0 Å². The summed E-state index contributed by atoms with van der Waals surface area (Å²) in [6, 6.07) is 16.7. The number of rotatable bonds is 4. The van der Waals surface area contributed by atoms with Crippen molar-refractivity contribution in [3.05, 3.63) is 64.7 Å². The molecule has 27 heavy (non-hydrogen) atoms. The Morgan fingerprint density at radius 2 is 1.85 bits per heavy atom. The Bertz CT molecular complexity index is 802. The van der Waals surface area contributed by atoms with E-state index >= 15 is 0 Å². The number of hydrogen-bond acceptors (Lipinski definition) is 2. The first kappa shape index (κ1) is 18.3. The topological polar surface area (TPSA) is 36.8 Å². The van der Waals surface area contributed by atoms with E-state index in [4.69, 9.17) is 11.6 Å². The van der Waals surface area contributed by atoms with Gasteiger partial charge in [-0.1, -0.05) is 48.0 Å². The maximum atomic E-state index is 12.6. The summed E-state index contributed by atoms with van der Waals surface area (Å²) < 4.78 is 0. The fourth-order valence-corrected chi connectivity index (χ4v) is 4.58. The molecule has 2 aromatic rings. The van der Waals surface area contributed by atoms with Crippen LogP contribution in [0.15, 0.2) is 48.5 Å². The zero-order chi connectivity index (χ0) is 18.6. The first-order valence-electron chi connectivity index (χ1n) is 9.91. The quantitative estimate of drug-likeness (QED) is 0.848. The Hall–Kier alpha value is -2.04. The third-order valence-electron chi connectivity index (χ3n) is 5.78. The molecule has 142 valence electrons. The smallest absolute Gasteiger partial charge is 0.275 e. The zero-order valence-corrected chi connectivity index (χ0v) is 16.3. The lowest BCUT2D eigenvalue weighted by atomic mass is 9.88. The summed E-state index contributed by atoms with van der Waals surface area (Å²) in [6.07, 6.45) is 3.31. The minimum Gasteiger partial charge on any atom is -0.359 e. The van der Waals surface area contributed by atoms with Gasteiger partial charge < -0.3 is 15.1 Å². The molecule has 1 saturated heterocycles. The number of quaternary nitrogens is 1. The largest absolute Gasteiger partial charge is 0.359 e. The molecule has 1 heterocycles. The summed E-state index contributed by atoms with van der Waals surface area (Å²) in [5, 5.41) is 4.08. The molecule has 0 spiro atoms. The molecule has 1 aliphatic carbocycles. The maximum Gasteiger partial charge on any atom is 0.275 e. The predicted octanol–water partition coefficient (Wildman–Crippen LogP) is 2.24. The fraction of sp³-hybridized carbons (Fsp3) is 0.409. The number of halogens is 1. The Labute approximate surface area is 166 Å². The molecule has 0 saturated carbocycles. The Kier molecular flexibility index (Phi) is 5.65. The van der Waals surface area contributed by atoms with Crippen LogP contribution in [0.5, 0.6) is 0 Å². The number of fused-ring (bicyclic) bond motifs is 1. The summed E-state index contributed by atoms with van der Waals surface area (Å²) in [4.78, 5) is 16.3. The van der Waals surface area contributed by atoms with Crippen LogP contribution in [-0.2, 0) is 11.2 Å². The van der Waals surface area contributed by atoms with Crippen LogP contribution in [0.4, 0.5) is 5.69 Å². The lowest BCUT2D eigenvalue weighted by molar-refractivity contribution is -0.892. The van der Waals surface area contributed by atoms with Crippen LogP contribution in [0.3, 0.4) is 0 Å². The van der Waals surface area contributed by atoms with Crippen LogP contribution in [-0.4, -0.2) is 38.6 Å². The first-order valence-corrected chi connectivity index (χ1v) is 10.3. The summed E-state index contributed by atoms with van der Waals surface area (Å²) in [5.41, 5.74) is 3.78. The van der Waals surface area contributed by atoms with Crippen molar-refractivity contribution in [2.24, 2.45) is 0 Å². The molecule has 2 N–H and O–H groups in total. The van der Waals surface area contributed by atoms with Gasteiger partial charge in [-0.05, 0) is 42.5 Å². The minimum atomic E-state index is 0.165. The SMILES string of the molecule is O=C(C[NH+]1CCN(c2ccccc2Cl)CC1)N[C@@H]1CCCc2ccccc21. The van der Waals surface area contributed by atoms with Crippen LogP contribution < -0.4 is 15.1 Å². The van der Waals surface area contributed by atoms with Crippen molar-refractivity contribution in [1.82, 2.24) is 5.32 Å². The van der Waals surface area contributed by atoms with Gasteiger partial charge in [0.1, 0.15) is 0 Å². The lowest BCUT2D eigenvalue weighted by Crippen LogP contribution is -3.16. The van der Waals surface area contributed by atoms with E-state index in [1.54, 1.807) is 0 Å². The molecule has 4 nitrogen and oxygen atoms in total. The fourth-order valence-electron chi connectivity index (χ4n) is 4.33. The van der Waals surface area contributed by atoms with E-state index in [1.165, 1.54) is 16.0 Å². The third kappa shape index (κ3) is 4.28. The van der Waals surface area contributed by atoms with Gasteiger partial charge in [0.25, 0.3) is 5.91 Å². The van der Waals surface area contributed by atoms with Crippen LogP contribution in [0.1, 0.15) is 30.0 Å². The molecule has 1 aliphatic heterocycles. The van der Waals surface area contributed by atoms with Crippen LogP contribution in [0.25, 0.3) is 0 Å². The number of para-hydroxylation sites is 1. The number of amides is 1. The van der Waals surface area contributed by atoms with Crippen molar-refractivity contribution in [1.29, 1.82) is 0 Å². The van der Waals surface area contributed by atoms with Gasteiger partial charge in [0, 0.05) is 0 Å². The normalized spacial score (nSPS) is 20.2. The maximum absolute atomic E-state index is 12.6. The summed E-state index contributed by atoms with van der Waals surface area (Å²) >= 11 is 6.32. The number of carbonyl (C=O) groups is 1. The van der Waals surface area contributed by atoms with Gasteiger partial charge in [0.05, 0.1) is 42.9 Å². The van der Waals surface area contributed by atoms with Crippen molar-refractivity contribution in [3.63, 3.8) is 0 Å². The average Bonchev–Trinajstić information content (AvgIpc) is 2.69. The van der Waals surface area contributed by atoms with Gasteiger partial charge in [-0.3, -0.25) is 4.79 Å². The number of piperazine rings is 1. The third-order valence-corrected chi connectivity index (χ3v) is 6.10. The summed E-state index contributed by atoms with van der Waals surface area (Å²) in [5.74, 6) is 0.165. The Morgan fingerprint density at radius 1 is 1.11 bits per heavy atom. The van der Waals surface area contributed by atoms with E-state index in [9.17, 15) is 4.79 Å². The van der Waals surface area contributed by atoms with Crippen LogP contribution in [0, 0.1) is 0 Å². The average molecular weight is 385 g/mol. The molecule has 1 fully saturated rings. The summed E-state index contributed by atoms with van der Waals surface area (Å²) in [6.45, 7) is 4.33. The van der Waals surface area contributed by atoms with E-state index < -0.39 is 0 Å². The number of nitrogens with zero attached hydrogens (tertiary/aromatic N) is 1. The molecule has 0 aromatic heterocycles. The molecule has 1 amide bonds. The summed E-state index contributed by atoms with van der Waals surface area (Å²) in [7, 11) is 0. The molecular weight excluding hydrogens is 358 g/mol. The second-order valence-electron chi connectivity index (χ2n) is 7.58. The van der Waals surface area contributed by atoms with E-state index in [-0.39, 0.29) is 11.9 Å². The van der Waals surface area contributed by atoms with Crippen molar-refractivity contribution >= 4 is 23.2 Å². The molecular formula is C22H27ClN3O+. The van der Waals surface area contributed by atoms with Gasteiger partial charge in [0.15, 0.2) is 6.54 Å². The molecule has 5 heteroatoms. The number of aryl methyl sites for hydroxylation is 1. The van der Waals surface area contributed by atoms with E-state index in [2.05, 4.69) is 40.5 Å². The van der Waals surface area contributed by atoms with Crippen molar-refractivity contribution < 1.29 is 9.69 Å². The molecule has 4 rings (SSSR count). The molecule has 0 radical (unpaired) electrons. The highest BCUT2D eigenvalue weighted by Crippen LogP contribution is 2.29. The monoisotopic (exact) mass is 384 g/mol. The first-order chi connectivity index (χ1) is 13.2. The Balaban J connectivity index is 1.30. The second kappa shape index (κ2) is 8.32. The van der Waals surface area contributed by atoms with Gasteiger partial charge in [0.2, 0.25) is 0 Å². The van der Waals surface area contributed by atoms with Gasteiger partial charge in [-0.15, -0.1) is 0 Å². The molecule has 1 atom stereocenters. The van der Waals surface area contributed by atoms with E-state index in [0.717, 1.165) is 56.2 Å². The molecule has 0 unspecified atom stereocenters. The van der Waals surface area contributed by atoms with Crippen molar-refractivity contribution in [2.75, 3.05) is 37.6 Å². The standard InChI is InChI=1S/C22H26ClN3O/c23-19-9-3-4-11-21(19)26-14-12-25(13-15-26)16-22(27)24-20-10-5-7-17-6-1-2-8-18(17)20/h1-4,6,8-9,11,20H,5,7,10,12-16H2,(H,24,27)/p+1/t20-/m1/s1. The number of nitrogens with one attached hydrogen (secondary N) is 2. The number of hydrogen-bond donors (Lipinski definition) is 2. The van der Waals surface area contributed by atoms with Crippen molar-refractivity contribution in [2.45, 2.75) is 25.3 Å². The molecule has 2 aromatic carbocycles. The van der Waals surface area contributed by atoms with Crippen LogP contribution in [0.2, 0.25) is 5.02 Å². The van der Waals surface area contributed by atoms with Crippen molar-refractivity contribution in [3.8, 4) is 0 Å². The van der Waals surface area contributed by atoms with E-state index in [1.807, 2.05) is 18.2 Å². The Morgan fingerprint density at radius 3 is 2.67 bits per heavy atom. The highest BCUT2D eigenvalue weighted by atomic mass is 35.5. The van der Waals surface area contributed by atoms with Gasteiger partial charge in [-0.2, -0.15) is 0 Å². The lowest BCUT2D eigenvalue weighted by Gasteiger charge is -2.34. The number of carbonyl (C=O) groups excluding carboxylic acids is 1.